The van der Waals surface area contributed by atoms with Gasteiger partial charge in [0.15, 0.2) is 0 Å². The van der Waals surface area contributed by atoms with E-state index in [9.17, 15) is 22.8 Å². The third kappa shape index (κ3) is 4.34. The molecule has 174 valence electrons. The zero-order valence-corrected chi connectivity index (χ0v) is 18.3. The molecule has 7 nitrogen and oxygen atoms in total. The van der Waals surface area contributed by atoms with Gasteiger partial charge < -0.3 is 15.0 Å². The van der Waals surface area contributed by atoms with Gasteiger partial charge in [-0.15, -0.1) is 24.5 Å². The fraction of sp³-hybridized carbons (Fsp3) is 0.174. The highest BCUT2D eigenvalue weighted by Crippen LogP contribution is 2.31. The number of anilines is 1. The van der Waals surface area contributed by atoms with Crippen molar-refractivity contribution < 1.29 is 27.5 Å². The van der Waals surface area contributed by atoms with Gasteiger partial charge >= 0.3 is 6.36 Å². The first kappa shape index (κ1) is 22.0. The molecule has 1 aliphatic heterocycles. The molecule has 4 aromatic rings. The van der Waals surface area contributed by atoms with E-state index in [4.69, 9.17) is 0 Å². The van der Waals surface area contributed by atoms with Crippen molar-refractivity contribution in [3.63, 3.8) is 0 Å². The Morgan fingerprint density at radius 1 is 1.15 bits per heavy atom. The van der Waals surface area contributed by atoms with Crippen molar-refractivity contribution in [1.29, 1.82) is 0 Å². The number of nitrogens with zero attached hydrogens (tertiary/aromatic N) is 3. The lowest BCUT2D eigenvalue weighted by Gasteiger charge is -2.27. The molecule has 4 heterocycles. The van der Waals surface area contributed by atoms with Crippen molar-refractivity contribution in [3.8, 4) is 5.75 Å². The molecule has 1 aliphatic rings. The molecule has 1 N–H and O–H groups in total. The van der Waals surface area contributed by atoms with Gasteiger partial charge in [0.05, 0.1) is 18.3 Å². The summed E-state index contributed by atoms with van der Waals surface area (Å²) in [5.41, 5.74) is 2.63. The van der Waals surface area contributed by atoms with Gasteiger partial charge in [0.1, 0.15) is 17.1 Å². The van der Waals surface area contributed by atoms with Gasteiger partial charge in [-0.1, -0.05) is 12.1 Å². The number of hydrogen-bond donors (Lipinski definition) is 1. The average Bonchev–Trinajstić information content (AvgIpc) is 3.41. The Hall–Kier alpha value is -3.86. The molecule has 34 heavy (non-hydrogen) atoms. The van der Waals surface area contributed by atoms with E-state index >= 15 is 0 Å². The Labute approximate surface area is 195 Å². The van der Waals surface area contributed by atoms with Gasteiger partial charge in [0.2, 0.25) is 0 Å². The van der Waals surface area contributed by atoms with Gasteiger partial charge in [0.25, 0.3) is 11.8 Å². The van der Waals surface area contributed by atoms with Crippen LogP contribution in [0, 0.1) is 0 Å². The van der Waals surface area contributed by atoms with Crippen LogP contribution in [-0.4, -0.2) is 39.0 Å². The van der Waals surface area contributed by atoms with Crippen LogP contribution < -0.4 is 10.1 Å². The van der Waals surface area contributed by atoms with E-state index in [0.717, 1.165) is 22.6 Å². The van der Waals surface area contributed by atoms with E-state index in [0.29, 0.717) is 36.4 Å². The van der Waals surface area contributed by atoms with Crippen molar-refractivity contribution in [3.05, 3.63) is 81.9 Å². The summed E-state index contributed by atoms with van der Waals surface area (Å²) < 4.78 is 43.0. The molecule has 5 rings (SSSR count). The number of imidazole rings is 1. The number of halogens is 3. The first-order chi connectivity index (χ1) is 16.3. The molecule has 0 unspecified atom stereocenters. The van der Waals surface area contributed by atoms with Gasteiger partial charge in [-0.05, 0) is 36.2 Å². The van der Waals surface area contributed by atoms with E-state index < -0.39 is 18.0 Å². The Kier molecular flexibility index (Phi) is 5.48. The Morgan fingerprint density at radius 3 is 2.82 bits per heavy atom. The molecule has 0 aliphatic carbocycles. The first-order valence-corrected chi connectivity index (χ1v) is 11.1. The highest BCUT2D eigenvalue weighted by atomic mass is 32.1. The molecular weight excluding hydrogens is 469 g/mol. The highest BCUT2D eigenvalue weighted by Gasteiger charge is 2.31. The molecular formula is C23H17F3N4O3S. The summed E-state index contributed by atoms with van der Waals surface area (Å²) in [7, 11) is 0. The van der Waals surface area contributed by atoms with Gasteiger partial charge in [-0.3, -0.25) is 14.0 Å². The van der Waals surface area contributed by atoms with E-state index in [1.54, 1.807) is 27.1 Å². The van der Waals surface area contributed by atoms with Crippen LogP contribution in [0.1, 0.15) is 31.3 Å². The van der Waals surface area contributed by atoms with E-state index in [1.807, 2.05) is 18.2 Å². The Morgan fingerprint density at radius 2 is 2.00 bits per heavy atom. The van der Waals surface area contributed by atoms with Crippen molar-refractivity contribution in [2.24, 2.45) is 0 Å². The molecule has 0 spiro atoms. The Balaban J connectivity index is 1.30. The number of aromatic nitrogens is 2. The second kappa shape index (κ2) is 8.49. The molecule has 0 bridgehead atoms. The number of thiophene rings is 1. The molecule has 0 saturated heterocycles. The number of benzene rings is 1. The number of rotatable bonds is 4. The second-order valence-corrected chi connectivity index (χ2v) is 8.59. The van der Waals surface area contributed by atoms with Gasteiger partial charge in [0, 0.05) is 34.8 Å². The number of fused-ring (bicyclic) bond motifs is 2. The second-order valence-electron chi connectivity index (χ2n) is 7.63. The smallest absolute Gasteiger partial charge is 0.406 e. The molecule has 2 amide bonds. The minimum absolute atomic E-state index is 0.148. The zero-order chi connectivity index (χ0) is 23.9. The summed E-state index contributed by atoms with van der Waals surface area (Å²) in [5.74, 6) is -0.993. The number of alkyl halides is 3. The predicted octanol–water partition coefficient (Wildman–Crippen LogP) is 4.75. The summed E-state index contributed by atoms with van der Waals surface area (Å²) in [5, 5.41) is 4.33. The number of amides is 2. The van der Waals surface area contributed by atoms with Crippen LogP contribution in [0.15, 0.2) is 60.2 Å². The summed E-state index contributed by atoms with van der Waals surface area (Å²) in [6.45, 7) is 0.791. The minimum atomic E-state index is -4.82. The third-order valence-electron chi connectivity index (χ3n) is 5.44. The molecule has 0 saturated carbocycles. The number of carbonyl (C=O) groups excluding carboxylic acids is 2. The number of nitrogens with one attached hydrogen (secondary N) is 1. The summed E-state index contributed by atoms with van der Waals surface area (Å²) in [6.07, 6.45) is -0.993. The van der Waals surface area contributed by atoms with Crippen LogP contribution in [0.4, 0.5) is 18.9 Å². The van der Waals surface area contributed by atoms with Crippen LogP contribution in [0.3, 0.4) is 0 Å². The summed E-state index contributed by atoms with van der Waals surface area (Å²) in [6, 6.07) is 10.6. The van der Waals surface area contributed by atoms with Crippen molar-refractivity contribution in [2.75, 3.05) is 11.9 Å². The van der Waals surface area contributed by atoms with Crippen LogP contribution in [0.5, 0.6) is 5.75 Å². The van der Waals surface area contributed by atoms with Crippen LogP contribution in [0.2, 0.25) is 0 Å². The van der Waals surface area contributed by atoms with E-state index in [1.165, 1.54) is 23.5 Å². The SMILES string of the molecule is O=C(Nc1cccc(OC(F)(F)F)c1)c1csc2c1CCN(C(=O)c1cnc3ccccn13)C2. The third-order valence-corrected chi connectivity index (χ3v) is 6.45. The van der Waals surface area contributed by atoms with E-state index in [-0.39, 0.29) is 11.6 Å². The first-order valence-electron chi connectivity index (χ1n) is 10.3. The molecule has 0 fully saturated rings. The molecule has 0 radical (unpaired) electrons. The maximum absolute atomic E-state index is 13.1. The fourth-order valence-electron chi connectivity index (χ4n) is 3.91. The van der Waals surface area contributed by atoms with Crippen LogP contribution in [-0.2, 0) is 13.0 Å². The van der Waals surface area contributed by atoms with Gasteiger partial charge in [-0.25, -0.2) is 4.98 Å². The Bertz CT molecular complexity index is 1400. The summed E-state index contributed by atoms with van der Waals surface area (Å²) in [4.78, 5) is 32.8. The predicted molar refractivity (Wildman–Crippen MR) is 119 cm³/mol. The minimum Gasteiger partial charge on any atom is -0.406 e. The summed E-state index contributed by atoms with van der Waals surface area (Å²) >= 11 is 1.37. The van der Waals surface area contributed by atoms with E-state index in [2.05, 4.69) is 15.0 Å². The molecule has 0 atom stereocenters. The molecule has 11 heteroatoms. The lowest BCUT2D eigenvalue weighted by molar-refractivity contribution is -0.274. The highest BCUT2D eigenvalue weighted by molar-refractivity contribution is 7.10. The number of pyridine rings is 1. The quantitative estimate of drug-likeness (QED) is 0.452. The largest absolute Gasteiger partial charge is 0.573 e. The topological polar surface area (TPSA) is 75.9 Å². The number of ether oxygens (including phenoxy) is 1. The maximum atomic E-state index is 13.1. The molecule has 3 aromatic heterocycles. The maximum Gasteiger partial charge on any atom is 0.573 e. The van der Waals surface area contributed by atoms with Crippen LogP contribution >= 0.6 is 11.3 Å². The lowest BCUT2D eigenvalue weighted by atomic mass is 10.0. The standard InChI is InChI=1S/C23H17F3N4O3S/c24-23(25,26)33-15-5-3-4-14(10-15)28-21(31)17-13-34-19-12-29(9-7-16(17)19)22(32)18-11-27-20-6-1-2-8-30(18)20/h1-6,8,10-11,13H,7,9,12H2,(H,28,31). The van der Waals surface area contributed by atoms with Crippen molar-refractivity contribution >= 4 is 34.5 Å². The lowest BCUT2D eigenvalue weighted by Crippen LogP contribution is -2.36. The monoisotopic (exact) mass is 486 g/mol. The van der Waals surface area contributed by atoms with Crippen LogP contribution in [0.25, 0.3) is 5.65 Å². The van der Waals surface area contributed by atoms with Crippen molar-refractivity contribution in [2.45, 2.75) is 19.3 Å². The van der Waals surface area contributed by atoms with Gasteiger partial charge in [-0.2, -0.15) is 0 Å². The number of carbonyl (C=O) groups is 2. The number of hydrogen-bond acceptors (Lipinski definition) is 5. The molecule has 1 aromatic carbocycles. The fourth-order valence-corrected chi connectivity index (χ4v) is 5.01. The normalized spacial score (nSPS) is 13.6. The average molecular weight is 486 g/mol. The van der Waals surface area contributed by atoms with Crippen molar-refractivity contribution in [1.82, 2.24) is 14.3 Å². The zero-order valence-electron chi connectivity index (χ0n) is 17.5.